The molecule has 5 nitrogen and oxygen atoms in total. The van der Waals surface area contributed by atoms with Crippen LogP contribution in [-0.2, 0) is 24.2 Å². The zero-order valence-electron chi connectivity index (χ0n) is 26.8. The number of hydrogen-bond acceptors (Lipinski definition) is 5. The number of nitrogens with one attached hydrogen (secondary N) is 2. The van der Waals surface area contributed by atoms with Crippen LogP contribution < -0.4 is 10.6 Å². The average Bonchev–Trinajstić information content (AvgIpc) is 3.03. The van der Waals surface area contributed by atoms with Gasteiger partial charge in [-0.25, -0.2) is 4.39 Å². The molecule has 0 aliphatic rings. The largest absolute Gasteiger partial charge is 0.366 e. The quantitative estimate of drug-likeness (QED) is 0.109. The Kier molecular flexibility index (Phi) is 16.6. The van der Waals surface area contributed by atoms with Crippen molar-refractivity contribution in [2.24, 2.45) is 0 Å². The van der Waals surface area contributed by atoms with E-state index in [1.807, 2.05) is 74.5 Å². The molecule has 0 heterocycles. The van der Waals surface area contributed by atoms with Crippen molar-refractivity contribution >= 4 is 0 Å². The second-order valence-electron chi connectivity index (χ2n) is 10.8. The summed E-state index contributed by atoms with van der Waals surface area (Å²) in [4.78, 5) is 0. The van der Waals surface area contributed by atoms with Crippen molar-refractivity contribution in [2.45, 2.75) is 78.5 Å². The molecule has 0 saturated heterocycles. The first-order valence-electron chi connectivity index (χ1n) is 15.4. The van der Waals surface area contributed by atoms with Crippen molar-refractivity contribution in [1.82, 2.24) is 10.6 Å². The van der Waals surface area contributed by atoms with Gasteiger partial charge in [-0.05, 0) is 69.0 Å². The van der Waals surface area contributed by atoms with Crippen LogP contribution in [0, 0.1) is 24.1 Å². The van der Waals surface area contributed by atoms with Gasteiger partial charge in [0.15, 0.2) is 5.79 Å². The van der Waals surface area contributed by atoms with Gasteiger partial charge in [0.2, 0.25) is 0 Å². The third-order valence-corrected chi connectivity index (χ3v) is 6.62. The Morgan fingerprint density at radius 2 is 1.39 bits per heavy atom. The van der Waals surface area contributed by atoms with Gasteiger partial charge in [-0.15, -0.1) is 0 Å². The number of nitrogens with zero attached hydrogens (tertiary/aromatic N) is 1. The van der Waals surface area contributed by atoms with Crippen molar-refractivity contribution in [2.75, 3.05) is 6.54 Å². The summed E-state index contributed by atoms with van der Waals surface area (Å²) in [6.07, 6.45) is 1.13. The van der Waals surface area contributed by atoms with Gasteiger partial charge in [-0.1, -0.05) is 116 Å². The Labute approximate surface area is 263 Å². The molecular weight excluding hydrogens is 549 g/mol. The van der Waals surface area contributed by atoms with Crippen LogP contribution in [0.1, 0.15) is 61.9 Å². The molecule has 0 aliphatic carbocycles. The maximum absolute atomic E-state index is 13.6. The van der Waals surface area contributed by atoms with E-state index in [-0.39, 0.29) is 17.7 Å². The summed E-state index contributed by atoms with van der Waals surface area (Å²) < 4.78 is 19.7. The summed E-state index contributed by atoms with van der Waals surface area (Å²) in [6, 6.07) is 37.1. The van der Waals surface area contributed by atoms with Crippen LogP contribution in [0.3, 0.4) is 0 Å². The van der Waals surface area contributed by atoms with Crippen LogP contribution >= 0.6 is 0 Å². The molecule has 0 saturated carbocycles. The number of hydrogen-bond donors (Lipinski definition) is 3. The highest BCUT2D eigenvalue weighted by Gasteiger charge is 2.28. The summed E-state index contributed by atoms with van der Waals surface area (Å²) in [5.41, 5.74) is 4.56. The van der Waals surface area contributed by atoms with Gasteiger partial charge in [-0.2, -0.15) is 5.26 Å². The van der Waals surface area contributed by atoms with Crippen molar-refractivity contribution < 1.29 is 14.2 Å². The minimum atomic E-state index is -1.29. The summed E-state index contributed by atoms with van der Waals surface area (Å²) in [7, 11) is 0. The lowest BCUT2D eigenvalue weighted by atomic mass is 9.98. The molecule has 6 heteroatoms. The Morgan fingerprint density at radius 3 is 1.91 bits per heavy atom. The van der Waals surface area contributed by atoms with Crippen LogP contribution in [-0.4, -0.2) is 29.6 Å². The summed E-state index contributed by atoms with van der Waals surface area (Å²) in [5.74, 6) is -1.80. The van der Waals surface area contributed by atoms with Crippen LogP contribution in [0.4, 0.5) is 4.39 Å². The highest BCUT2D eigenvalue weighted by atomic mass is 19.1. The van der Waals surface area contributed by atoms with Crippen molar-refractivity contribution in [3.63, 3.8) is 0 Å². The predicted molar refractivity (Wildman–Crippen MR) is 178 cm³/mol. The molecule has 0 spiro atoms. The first kappa shape index (κ1) is 36.3. The van der Waals surface area contributed by atoms with Gasteiger partial charge >= 0.3 is 0 Å². The van der Waals surface area contributed by atoms with Gasteiger partial charge in [0.25, 0.3) is 0 Å². The Balaban J connectivity index is 0.000000649. The zero-order chi connectivity index (χ0) is 32.2. The van der Waals surface area contributed by atoms with Crippen molar-refractivity contribution in [3.05, 3.63) is 143 Å². The molecule has 0 aromatic heterocycles. The van der Waals surface area contributed by atoms with E-state index in [4.69, 9.17) is 10.00 Å². The molecule has 0 aliphatic heterocycles. The van der Waals surface area contributed by atoms with Crippen LogP contribution in [0.2, 0.25) is 0 Å². The van der Waals surface area contributed by atoms with E-state index in [0.717, 1.165) is 12.0 Å². The fraction of sp³-hybridized carbons (Fsp3) is 0.342. The molecule has 4 aromatic rings. The van der Waals surface area contributed by atoms with E-state index in [2.05, 4.69) is 54.0 Å². The number of halogens is 1. The molecule has 2 unspecified atom stereocenters. The van der Waals surface area contributed by atoms with E-state index in [1.165, 1.54) is 22.8 Å². The first-order valence-corrected chi connectivity index (χ1v) is 15.4. The highest BCUT2D eigenvalue weighted by molar-refractivity contribution is 5.34. The molecule has 234 valence electrons. The standard InChI is InChI=1S/C29H34FN3O2.C7H8.C2H6/c1-29(2,34)35-28(15-16-32-20-24-13-14-26(30)25(17-24)19-31)27(18-22-9-5-3-6-10-22)33-21-23-11-7-4-8-12-23;1-7-5-3-2-4-6-7;1-2/h3-14,17,27-28,32-34H,15-16,18,20-21H2,1-2H3;2-6H,1H3;1-2H3. The summed E-state index contributed by atoms with van der Waals surface area (Å²) >= 11 is 0. The molecule has 2 atom stereocenters. The maximum atomic E-state index is 13.6. The SMILES string of the molecule is CC.CC(C)(O)OC(CCNCc1ccc(F)c(C#N)c1)C(Cc1ccccc1)NCc1ccccc1.Cc1ccccc1. The fourth-order valence-corrected chi connectivity index (χ4v) is 4.54. The van der Waals surface area contributed by atoms with Crippen molar-refractivity contribution in [3.8, 4) is 6.07 Å². The maximum Gasteiger partial charge on any atom is 0.160 e. The van der Waals surface area contributed by atoms with E-state index in [9.17, 15) is 9.50 Å². The van der Waals surface area contributed by atoms with Crippen LogP contribution in [0.5, 0.6) is 0 Å². The number of benzene rings is 4. The van der Waals surface area contributed by atoms with E-state index >= 15 is 0 Å². The minimum absolute atomic E-state index is 0.0400. The molecular formula is C38H48FN3O2. The highest BCUT2D eigenvalue weighted by Crippen LogP contribution is 2.18. The second-order valence-corrected chi connectivity index (χ2v) is 10.8. The van der Waals surface area contributed by atoms with E-state index < -0.39 is 11.6 Å². The van der Waals surface area contributed by atoms with Crippen LogP contribution in [0.25, 0.3) is 0 Å². The Bertz CT molecular complexity index is 1350. The first-order chi connectivity index (χ1) is 21.2. The number of aryl methyl sites for hydroxylation is 1. The molecule has 4 rings (SSSR count). The van der Waals surface area contributed by atoms with Gasteiger partial charge in [0, 0.05) is 19.1 Å². The molecule has 3 N–H and O–H groups in total. The lowest BCUT2D eigenvalue weighted by molar-refractivity contribution is -0.212. The van der Waals surface area contributed by atoms with Crippen LogP contribution in [0.15, 0.2) is 109 Å². The second kappa shape index (κ2) is 20.2. The number of aliphatic hydroxyl groups is 1. The molecule has 0 bridgehead atoms. The zero-order valence-corrected chi connectivity index (χ0v) is 26.8. The summed E-state index contributed by atoms with van der Waals surface area (Å²) in [5, 5.41) is 26.5. The number of rotatable bonds is 13. The van der Waals surface area contributed by atoms with Gasteiger partial charge in [0.05, 0.1) is 11.7 Å². The normalized spacial score (nSPS) is 12.0. The molecule has 0 radical (unpaired) electrons. The molecule has 4 aromatic carbocycles. The molecule has 0 fully saturated rings. The van der Waals surface area contributed by atoms with E-state index in [1.54, 1.807) is 26.0 Å². The topological polar surface area (TPSA) is 77.3 Å². The average molecular weight is 598 g/mol. The number of nitriles is 1. The van der Waals surface area contributed by atoms with Crippen molar-refractivity contribution in [1.29, 1.82) is 5.26 Å². The molecule has 44 heavy (non-hydrogen) atoms. The predicted octanol–water partition coefficient (Wildman–Crippen LogP) is 7.71. The third-order valence-electron chi connectivity index (χ3n) is 6.62. The van der Waals surface area contributed by atoms with E-state index in [0.29, 0.717) is 26.1 Å². The number of ether oxygens (including phenoxy) is 1. The lowest BCUT2D eigenvalue weighted by Gasteiger charge is -2.33. The minimum Gasteiger partial charge on any atom is -0.366 e. The van der Waals surface area contributed by atoms with Gasteiger partial charge in [-0.3, -0.25) is 0 Å². The Morgan fingerprint density at radius 1 is 0.818 bits per heavy atom. The Hall–Kier alpha value is -3.86. The molecule has 0 amide bonds. The summed E-state index contributed by atoms with van der Waals surface area (Å²) in [6.45, 7) is 11.2. The van der Waals surface area contributed by atoms with Gasteiger partial charge < -0.3 is 20.5 Å². The smallest absolute Gasteiger partial charge is 0.160 e. The lowest BCUT2D eigenvalue weighted by Crippen LogP contribution is -2.47. The van der Waals surface area contributed by atoms with Gasteiger partial charge in [0.1, 0.15) is 11.9 Å². The third kappa shape index (κ3) is 14.5. The fourth-order valence-electron chi connectivity index (χ4n) is 4.54. The monoisotopic (exact) mass is 597 g/mol.